The Morgan fingerprint density at radius 2 is 2.29 bits per heavy atom. The van der Waals surface area contributed by atoms with Crippen molar-refractivity contribution in [3.05, 3.63) is 47.5 Å². The van der Waals surface area contributed by atoms with Gasteiger partial charge in [0.15, 0.2) is 0 Å². The largest absolute Gasteiger partial charge is 0.310 e. The van der Waals surface area contributed by atoms with E-state index in [0.717, 1.165) is 24.1 Å². The van der Waals surface area contributed by atoms with Crippen molar-refractivity contribution in [2.45, 2.75) is 31.6 Å². The summed E-state index contributed by atoms with van der Waals surface area (Å²) < 4.78 is 0. The molecule has 0 spiro atoms. The topological polar surface area (TPSA) is 12.0 Å². The minimum absolute atomic E-state index is 0.786. The molecule has 0 heterocycles. The van der Waals surface area contributed by atoms with Crippen LogP contribution in [0.1, 0.15) is 24.0 Å². The summed E-state index contributed by atoms with van der Waals surface area (Å²) in [5.41, 5.74) is 4.07. The van der Waals surface area contributed by atoms with Gasteiger partial charge in [0.25, 0.3) is 0 Å². The van der Waals surface area contributed by atoms with Crippen LogP contribution in [0.25, 0.3) is 0 Å². The Morgan fingerprint density at radius 3 is 3.00 bits per heavy atom. The highest BCUT2D eigenvalue weighted by molar-refractivity contribution is 7.98. The van der Waals surface area contributed by atoms with Gasteiger partial charge in [-0.15, -0.1) is 0 Å². The van der Waals surface area contributed by atoms with Crippen molar-refractivity contribution >= 4 is 11.8 Å². The van der Waals surface area contributed by atoms with Crippen LogP contribution in [-0.2, 0) is 5.75 Å². The Hall–Kier alpha value is -0.730. The third-order valence-corrected chi connectivity index (χ3v) is 4.03. The second-order valence-corrected chi connectivity index (χ2v) is 5.87. The van der Waals surface area contributed by atoms with Crippen LogP contribution in [-0.4, -0.2) is 18.3 Å². The third kappa shape index (κ3) is 4.97. The SMILES string of the molecule is C=C(CNC1CC1)CSCc1cccc(C)c1. The van der Waals surface area contributed by atoms with Crippen LogP contribution in [0.5, 0.6) is 0 Å². The molecule has 2 heteroatoms. The minimum atomic E-state index is 0.786. The van der Waals surface area contributed by atoms with Crippen molar-refractivity contribution in [1.29, 1.82) is 0 Å². The quantitative estimate of drug-likeness (QED) is 0.740. The molecule has 1 aliphatic rings. The number of aryl methyl sites for hydroxylation is 1. The first-order valence-corrected chi connectivity index (χ1v) is 7.43. The van der Waals surface area contributed by atoms with Crippen LogP contribution >= 0.6 is 11.8 Å². The molecule has 0 aliphatic heterocycles. The molecule has 1 fully saturated rings. The van der Waals surface area contributed by atoms with Gasteiger partial charge in [-0.25, -0.2) is 0 Å². The van der Waals surface area contributed by atoms with Gasteiger partial charge in [0, 0.05) is 24.1 Å². The first kappa shape index (κ1) is 12.7. The molecule has 0 bridgehead atoms. The van der Waals surface area contributed by atoms with Gasteiger partial charge in [0.2, 0.25) is 0 Å². The summed E-state index contributed by atoms with van der Waals surface area (Å²) >= 11 is 1.96. The molecular formula is C15H21NS. The lowest BCUT2D eigenvalue weighted by atomic mass is 10.2. The van der Waals surface area contributed by atoms with Crippen molar-refractivity contribution in [3.63, 3.8) is 0 Å². The maximum atomic E-state index is 4.12. The zero-order valence-electron chi connectivity index (χ0n) is 10.5. The van der Waals surface area contributed by atoms with Crippen molar-refractivity contribution in [2.24, 2.45) is 0 Å². The van der Waals surface area contributed by atoms with Crippen molar-refractivity contribution in [2.75, 3.05) is 12.3 Å². The molecule has 1 saturated carbocycles. The Labute approximate surface area is 109 Å². The van der Waals surface area contributed by atoms with Crippen molar-refractivity contribution < 1.29 is 0 Å². The maximum Gasteiger partial charge on any atom is 0.0187 e. The maximum absolute atomic E-state index is 4.12. The lowest BCUT2D eigenvalue weighted by molar-refractivity contribution is 0.736. The minimum Gasteiger partial charge on any atom is -0.310 e. The van der Waals surface area contributed by atoms with E-state index in [1.165, 1.54) is 29.5 Å². The lowest BCUT2D eigenvalue weighted by Crippen LogP contribution is -2.19. The smallest absolute Gasteiger partial charge is 0.0187 e. The van der Waals surface area contributed by atoms with Crippen LogP contribution < -0.4 is 5.32 Å². The number of benzene rings is 1. The van der Waals surface area contributed by atoms with Crippen LogP contribution in [0.15, 0.2) is 36.4 Å². The first-order chi connectivity index (χ1) is 8.24. The molecule has 1 aromatic rings. The van der Waals surface area contributed by atoms with Gasteiger partial charge >= 0.3 is 0 Å². The highest BCUT2D eigenvalue weighted by atomic mass is 32.2. The predicted octanol–water partition coefficient (Wildman–Crippen LogP) is 3.54. The molecule has 0 atom stereocenters. The van der Waals surface area contributed by atoms with Crippen LogP contribution in [0.4, 0.5) is 0 Å². The zero-order chi connectivity index (χ0) is 12.1. The van der Waals surface area contributed by atoms with Crippen LogP contribution in [0.3, 0.4) is 0 Å². The first-order valence-electron chi connectivity index (χ1n) is 6.27. The average molecular weight is 247 g/mol. The normalized spacial score (nSPS) is 14.9. The van der Waals surface area contributed by atoms with Gasteiger partial charge in [0.05, 0.1) is 0 Å². The number of nitrogens with one attached hydrogen (secondary N) is 1. The Balaban J connectivity index is 1.62. The zero-order valence-corrected chi connectivity index (χ0v) is 11.4. The van der Waals surface area contributed by atoms with Crippen LogP contribution in [0, 0.1) is 6.92 Å². The van der Waals surface area contributed by atoms with Crippen molar-refractivity contribution in [3.8, 4) is 0 Å². The monoisotopic (exact) mass is 247 g/mol. The molecule has 0 aromatic heterocycles. The predicted molar refractivity (Wildman–Crippen MR) is 77.5 cm³/mol. The highest BCUT2D eigenvalue weighted by Crippen LogP contribution is 2.19. The lowest BCUT2D eigenvalue weighted by Gasteiger charge is -2.07. The third-order valence-electron chi connectivity index (χ3n) is 2.88. The molecule has 0 saturated heterocycles. The van der Waals surface area contributed by atoms with Crippen LogP contribution in [0.2, 0.25) is 0 Å². The summed E-state index contributed by atoms with van der Waals surface area (Å²) in [5.74, 6) is 2.15. The fourth-order valence-electron chi connectivity index (χ4n) is 1.74. The van der Waals surface area contributed by atoms with E-state index in [1.807, 2.05) is 11.8 Å². The van der Waals surface area contributed by atoms with Gasteiger partial charge in [0.1, 0.15) is 0 Å². The Morgan fingerprint density at radius 1 is 1.47 bits per heavy atom. The molecule has 1 N–H and O–H groups in total. The molecule has 2 rings (SSSR count). The van der Waals surface area contributed by atoms with E-state index < -0.39 is 0 Å². The van der Waals surface area contributed by atoms with Gasteiger partial charge in [-0.1, -0.05) is 42.0 Å². The standard InChI is InChI=1S/C15H21NS/c1-12-4-3-5-14(8-12)11-17-10-13(2)9-16-15-6-7-15/h3-5,8,15-16H,2,6-7,9-11H2,1H3. The highest BCUT2D eigenvalue weighted by Gasteiger charge is 2.19. The fourth-order valence-corrected chi connectivity index (χ4v) is 2.65. The summed E-state index contributed by atoms with van der Waals surface area (Å²) in [7, 11) is 0. The second kappa shape index (κ2) is 6.27. The molecule has 1 aliphatic carbocycles. The van der Waals surface area contributed by atoms with E-state index in [1.54, 1.807) is 0 Å². The number of hydrogen-bond acceptors (Lipinski definition) is 2. The molecule has 0 amide bonds. The summed E-state index contributed by atoms with van der Waals surface area (Å²) in [5, 5.41) is 3.50. The molecular weight excluding hydrogens is 226 g/mol. The van der Waals surface area contributed by atoms with E-state index in [0.29, 0.717) is 0 Å². The molecule has 0 unspecified atom stereocenters. The Kier molecular flexibility index (Phi) is 4.69. The van der Waals surface area contributed by atoms with E-state index in [9.17, 15) is 0 Å². The van der Waals surface area contributed by atoms with E-state index in [-0.39, 0.29) is 0 Å². The van der Waals surface area contributed by atoms with E-state index in [4.69, 9.17) is 0 Å². The van der Waals surface area contributed by atoms with Gasteiger partial charge in [-0.3, -0.25) is 0 Å². The average Bonchev–Trinajstić information content (AvgIpc) is 3.10. The Bertz CT molecular complexity index is 382. The molecule has 17 heavy (non-hydrogen) atoms. The summed E-state index contributed by atoms with van der Waals surface area (Å²) in [4.78, 5) is 0. The molecule has 1 aromatic carbocycles. The molecule has 92 valence electrons. The summed E-state index contributed by atoms with van der Waals surface area (Å²) in [6, 6.07) is 9.53. The van der Waals surface area contributed by atoms with Crippen molar-refractivity contribution in [1.82, 2.24) is 5.32 Å². The van der Waals surface area contributed by atoms with E-state index >= 15 is 0 Å². The second-order valence-electron chi connectivity index (χ2n) is 4.89. The number of rotatable bonds is 7. The number of hydrogen-bond donors (Lipinski definition) is 1. The summed E-state index contributed by atoms with van der Waals surface area (Å²) in [6.07, 6.45) is 2.70. The van der Waals surface area contributed by atoms with E-state index in [2.05, 4.69) is 43.1 Å². The summed E-state index contributed by atoms with van der Waals surface area (Å²) in [6.45, 7) is 7.26. The van der Waals surface area contributed by atoms with Gasteiger partial charge in [-0.2, -0.15) is 11.8 Å². The molecule has 0 radical (unpaired) electrons. The molecule has 1 nitrogen and oxygen atoms in total. The number of thioether (sulfide) groups is 1. The fraction of sp³-hybridized carbons (Fsp3) is 0.467. The van der Waals surface area contributed by atoms with Gasteiger partial charge in [-0.05, 0) is 25.3 Å². The van der Waals surface area contributed by atoms with Gasteiger partial charge < -0.3 is 5.32 Å².